The summed E-state index contributed by atoms with van der Waals surface area (Å²) in [6, 6.07) is 12.5. The van der Waals surface area contributed by atoms with E-state index in [4.69, 9.17) is 4.42 Å². The van der Waals surface area contributed by atoms with Crippen LogP contribution in [0.4, 0.5) is 5.69 Å². The van der Waals surface area contributed by atoms with E-state index in [1.807, 2.05) is 24.3 Å². The number of aryl methyl sites for hydroxylation is 1. The number of aromatic nitrogens is 1. The molecular weight excluding hydrogens is 366 g/mol. The second kappa shape index (κ2) is 6.54. The number of fused-ring (bicyclic) bond motifs is 2. The average molecular weight is 387 g/mol. The van der Waals surface area contributed by atoms with Crippen molar-refractivity contribution in [3.05, 3.63) is 58.6 Å². The van der Waals surface area contributed by atoms with E-state index in [9.17, 15) is 13.2 Å². The Morgan fingerprint density at radius 2 is 1.93 bits per heavy atom. The molecule has 0 spiro atoms. The summed E-state index contributed by atoms with van der Waals surface area (Å²) in [5, 5.41) is 0. The van der Waals surface area contributed by atoms with Crippen molar-refractivity contribution in [2.45, 2.75) is 24.4 Å². The molecule has 27 heavy (non-hydrogen) atoms. The molecular formula is C19H21N3O4S. The van der Waals surface area contributed by atoms with E-state index in [1.54, 1.807) is 22.8 Å². The fourth-order valence-corrected chi connectivity index (χ4v) is 4.44. The highest BCUT2D eigenvalue weighted by molar-refractivity contribution is 7.89. The lowest BCUT2D eigenvalue weighted by Gasteiger charge is -2.31. The highest BCUT2D eigenvalue weighted by Gasteiger charge is 2.23. The number of sulfonamides is 1. The molecule has 0 atom stereocenters. The number of hydrogen-bond donors (Lipinski definition) is 0. The third-order valence-corrected chi connectivity index (χ3v) is 6.74. The van der Waals surface area contributed by atoms with Gasteiger partial charge in [0.2, 0.25) is 10.0 Å². The van der Waals surface area contributed by atoms with Crippen LogP contribution in [0.25, 0.3) is 11.1 Å². The topological polar surface area (TPSA) is 75.8 Å². The van der Waals surface area contributed by atoms with Crippen molar-refractivity contribution in [1.82, 2.24) is 8.87 Å². The molecule has 0 unspecified atom stereocenters. The zero-order valence-electron chi connectivity index (χ0n) is 15.3. The summed E-state index contributed by atoms with van der Waals surface area (Å²) in [5.74, 6) is -0.393. The van der Waals surface area contributed by atoms with Crippen molar-refractivity contribution in [3.8, 4) is 0 Å². The Morgan fingerprint density at radius 1 is 1.15 bits per heavy atom. The number of hydrogen-bond acceptors (Lipinski definition) is 5. The minimum absolute atomic E-state index is 0.291. The van der Waals surface area contributed by atoms with E-state index in [1.165, 1.54) is 18.4 Å². The summed E-state index contributed by atoms with van der Waals surface area (Å²) in [6.07, 6.45) is 1.70. The van der Waals surface area contributed by atoms with Crippen LogP contribution in [0.3, 0.4) is 0 Å². The van der Waals surface area contributed by atoms with Crippen LogP contribution < -0.4 is 10.7 Å². The number of para-hydroxylation sites is 2. The van der Waals surface area contributed by atoms with Crippen LogP contribution in [0.15, 0.2) is 56.6 Å². The first-order valence-electron chi connectivity index (χ1n) is 8.77. The molecule has 4 rings (SSSR count). The van der Waals surface area contributed by atoms with E-state index < -0.39 is 15.8 Å². The number of benzene rings is 2. The minimum Gasteiger partial charge on any atom is -0.408 e. The van der Waals surface area contributed by atoms with E-state index in [2.05, 4.69) is 4.90 Å². The molecule has 2 aromatic carbocycles. The Labute approximate surface area is 157 Å². The van der Waals surface area contributed by atoms with Crippen LogP contribution in [-0.2, 0) is 23.1 Å². The Kier molecular flexibility index (Phi) is 4.32. The number of oxazole rings is 1. The van der Waals surface area contributed by atoms with Crippen LogP contribution >= 0.6 is 0 Å². The normalized spacial score (nSPS) is 14.7. The third kappa shape index (κ3) is 3.04. The Bertz CT molecular complexity index is 1160. The van der Waals surface area contributed by atoms with E-state index >= 15 is 0 Å². The van der Waals surface area contributed by atoms with Gasteiger partial charge in [-0.15, -0.1) is 0 Å². The molecule has 142 valence electrons. The maximum atomic E-state index is 12.4. The molecule has 0 fully saturated rings. The highest BCUT2D eigenvalue weighted by Crippen LogP contribution is 2.30. The highest BCUT2D eigenvalue weighted by atomic mass is 32.2. The van der Waals surface area contributed by atoms with Gasteiger partial charge in [0.1, 0.15) is 6.67 Å². The lowest BCUT2D eigenvalue weighted by atomic mass is 10.0. The van der Waals surface area contributed by atoms with E-state index in [0.29, 0.717) is 17.1 Å². The molecule has 0 N–H and O–H groups in total. The predicted molar refractivity (Wildman–Crippen MR) is 103 cm³/mol. The lowest BCUT2D eigenvalue weighted by Crippen LogP contribution is -2.34. The van der Waals surface area contributed by atoms with E-state index in [-0.39, 0.29) is 0 Å². The summed E-state index contributed by atoms with van der Waals surface area (Å²) < 4.78 is 32.9. The van der Waals surface area contributed by atoms with Crippen LogP contribution in [0.5, 0.6) is 0 Å². The molecule has 0 saturated heterocycles. The first kappa shape index (κ1) is 17.8. The zero-order chi connectivity index (χ0) is 19.2. The Morgan fingerprint density at radius 3 is 2.70 bits per heavy atom. The molecule has 0 bridgehead atoms. The van der Waals surface area contributed by atoms with Gasteiger partial charge in [0, 0.05) is 26.3 Å². The fraction of sp³-hybridized carbons (Fsp3) is 0.316. The van der Waals surface area contributed by atoms with E-state index in [0.717, 1.165) is 36.2 Å². The summed E-state index contributed by atoms with van der Waals surface area (Å²) >= 11 is 0. The smallest absolute Gasteiger partial charge is 0.408 e. The molecule has 2 heterocycles. The third-order valence-electron chi connectivity index (χ3n) is 4.93. The predicted octanol–water partition coefficient (Wildman–Crippen LogP) is 2.26. The van der Waals surface area contributed by atoms with Gasteiger partial charge in [-0.1, -0.05) is 12.1 Å². The lowest BCUT2D eigenvalue weighted by molar-refractivity contribution is 0.492. The van der Waals surface area contributed by atoms with Crippen LogP contribution in [0.1, 0.15) is 12.0 Å². The quantitative estimate of drug-likeness (QED) is 0.686. The maximum Gasteiger partial charge on any atom is 0.421 e. The molecule has 1 aliphatic rings. The molecule has 0 aliphatic carbocycles. The Balaban J connectivity index is 1.72. The van der Waals surface area contributed by atoms with Crippen LogP contribution in [0, 0.1) is 0 Å². The molecule has 1 aromatic heterocycles. The largest absolute Gasteiger partial charge is 0.421 e. The minimum atomic E-state index is -3.47. The maximum absolute atomic E-state index is 12.4. The molecule has 0 saturated carbocycles. The summed E-state index contributed by atoms with van der Waals surface area (Å²) in [5.41, 5.74) is 3.25. The number of nitrogens with zero attached hydrogens (tertiary/aromatic N) is 3. The molecule has 0 radical (unpaired) electrons. The van der Waals surface area contributed by atoms with Crippen LogP contribution in [-0.4, -0.2) is 37.9 Å². The first-order valence-corrected chi connectivity index (χ1v) is 10.2. The zero-order valence-corrected chi connectivity index (χ0v) is 16.1. The van der Waals surface area contributed by atoms with Gasteiger partial charge in [-0.25, -0.2) is 17.5 Å². The molecule has 8 heteroatoms. The summed E-state index contributed by atoms with van der Waals surface area (Å²) in [7, 11) is -0.418. The number of rotatable bonds is 4. The van der Waals surface area contributed by atoms with Crippen molar-refractivity contribution >= 4 is 26.8 Å². The van der Waals surface area contributed by atoms with Crippen molar-refractivity contribution in [1.29, 1.82) is 0 Å². The van der Waals surface area contributed by atoms with Gasteiger partial charge in [0.05, 0.1) is 10.4 Å². The molecule has 0 amide bonds. The van der Waals surface area contributed by atoms with Crippen molar-refractivity contribution in [2.75, 3.05) is 25.5 Å². The van der Waals surface area contributed by atoms with Gasteiger partial charge in [0.25, 0.3) is 0 Å². The average Bonchev–Trinajstić information content (AvgIpc) is 2.97. The second-order valence-electron chi connectivity index (χ2n) is 6.85. The number of anilines is 1. The van der Waals surface area contributed by atoms with Crippen LogP contribution in [0.2, 0.25) is 0 Å². The van der Waals surface area contributed by atoms with Gasteiger partial charge >= 0.3 is 5.76 Å². The van der Waals surface area contributed by atoms with Gasteiger partial charge in [-0.05, 0) is 48.7 Å². The second-order valence-corrected chi connectivity index (χ2v) is 9.00. The van der Waals surface area contributed by atoms with Gasteiger partial charge in [0.15, 0.2) is 5.58 Å². The SMILES string of the molecule is CN(C)S(=O)(=O)c1ccc2c(c1)CCCN2Cn1c(=O)oc2ccccc21. The van der Waals surface area contributed by atoms with Gasteiger partial charge in [-0.2, -0.15) is 0 Å². The first-order chi connectivity index (χ1) is 12.9. The fourth-order valence-electron chi connectivity index (χ4n) is 3.49. The summed E-state index contributed by atoms with van der Waals surface area (Å²) in [6.45, 7) is 1.15. The molecule has 7 nitrogen and oxygen atoms in total. The van der Waals surface area contributed by atoms with Crippen molar-refractivity contribution < 1.29 is 12.8 Å². The molecule has 3 aromatic rings. The van der Waals surface area contributed by atoms with Crippen molar-refractivity contribution in [3.63, 3.8) is 0 Å². The Hall–Kier alpha value is -2.58. The van der Waals surface area contributed by atoms with Gasteiger partial charge in [-0.3, -0.25) is 4.57 Å². The standard InChI is InChI=1S/C19H21N3O4S/c1-20(2)27(24,25)15-9-10-16-14(12-15)6-5-11-21(16)13-22-17-7-3-4-8-18(17)26-19(22)23/h3-4,7-10,12H,5-6,11,13H2,1-2H3. The van der Waals surface area contributed by atoms with Crippen molar-refractivity contribution in [2.24, 2.45) is 0 Å². The van der Waals surface area contributed by atoms with Gasteiger partial charge < -0.3 is 9.32 Å². The monoisotopic (exact) mass is 387 g/mol. The molecule has 1 aliphatic heterocycles. The summed E-state index contributed by atoms with van der Waals surface area (Å²) in [4.78, 5) is 14.7.